The first kappa shape index (κ1) is 14.1. The molecule has 98 valence electrons. The number of rotatable bonds is 4. The first-order chi connectivity index (χ1) is 9.08. The highest BCUT2D eigenvalue weighted by Gasteiger charge is 2.11. The predicted molar refractivity (Wildman–Crippen MR) is 75.3 cm³/mol. The quantitative estimate of drug-likeness (QED) is 0.626. The highest BCUT2D eigenvalue weighted by atomic mass is 35.5. The average molecular weight is 315 g/mol. The van der Waals surface area contributed by atoms with Crippen molar-refractivity contribution in [3.63, 3.8) is 0 Å². The van der Waals surface area contributed by atoms with E-state index in [1.807, 2.05) is 0 Å². The van der Waals surface area contributed by atoms with Crippen molar-refractivity contribution >= 4 is 46.8 Å². The SMILES string of the molecule is O=Cc1ccc(C(=O)OCc2cc(Cl)cc(Cl)c2)s1. The number of esters is 1. The second kappa shape index (κ2) is 6.19. The van der Waals surface area contributed by atoms with Gasteiger partial charge in [0, 0.05) is 10.0 Å². The number of carbonyl (C=O) groups excluding carboxylic acids is 2. The van der Waals surface area contributed by atoms with Crippen LogP contribution in [0.1, 0.15) is 24.9 Å². The predicted octanol–water partition coefficient (Wildman–Crippen LogP) is 4.22. The Morgan fingerprint density at radius 2 is 1.89 bits per heavy atom. The maximum Gasteiger partial charge on any atom is 0.348 e. The lowest BCUT2D eigenvalue weighted by Crippen LogP contribution is -2.03. The number of aldehydes is 1. The van der Waals surface area contributed by atoms with Crippen LogP contribution in [0, 0.1) is 0 Å². The van der Waals surface area contributed by atoms with Crippen LogP contribution in [0.15, 0.2) is 30.3 Å². The van der Waals surface area contributed by atoms with Crippen LogP contribution in [0.3, 0.4) is 0 Å². The van der Waals surface area contributed by atoms with Crippen LogP contribution in [-0.2, 0) is 11.3 Å². The summed E-state index contributed by atoms with van der Waals surface area (Å²) in [5.74, 6) is -0.478. The van der Waals surface area contributed by atoms with Crippen molar-refractivity contribution < 1.29 is 14.3 Å². The molecule has 0 aliphatic rings. The van der Waals surface area contributed by atoms with Crippen molar-refractivity contribution in [2.75, 3.05) is 0 Å². The third kappa shape index (κ3) is 3.80. The van der Waals surface area contributed by atoms with Crippen LogP contribution in [0.25, 0.3) is 0 Å². The van der Waals surface area contributed by atoms with Gasteiger partial charge in [-0.05, 0) is 35.9 Å². The monoisotopic (exact) mass is 314 g/mol. The lowest BCUT2D eigenvalue weighted by Gasteiger charge is -2.04. The van der Waals surface area contributed by atoms with Crippen molar-refractivity contribution in [2.45, 2.75) is 6.61 Å². The molecule has 0 unspecified atom stereocenters. The molecule has 0 bridgehead atoms. The van der Waals surface area contributed by atoms with Gasteiger partial charge in [0.25, 0.3) is 0 Å². The maximum atomic E-state index is 11.7. The summed E-state index contributed by atoms with van der Waals surface area (Å²) < 4.78 is 5.12. The molecule has 19 heavy (non-hydrogen) atoms. The van der Waals surface area contributed by atoms with E-state index in [-0.39, 0.29) is 6.61 Å². The molecule has 2 aromatic rings. The zero-order chi connectivity index (χ0) is 13.8. The standard InChI is InChI=1S/C13H8Cl2O3S/c14-9-3-8(4-10(15)5-9)7-18-13(17)12-2-1-11(6-16)19-12/h1-6H,7H2. The summed E-state index contributed by atoms with van der Waals surface area (Å²) in [4.78, 5) is 23.1. The molecule has 1 aromatic carbocycles. The number of benzene rings is 1. The van der Waals surface area contributed by atoms with Gasteiger partial charge >= 0.3 is 5.97 Å². The zero-order valence-electron chi connectivity index (χ0n) is 9.56. The molecule has 0 spiro atoms. The fourth-order valence-electron chi connectivity index (χ4n) is 1.44. The molecule has 3 nitrogen and oxygen atoms in total. The molecule has 0 fully saturated rings. The summed E-state index contributed by atoms with van der Waals surface area (Å²) in [5.41, 5.74) is 0.706. The minimum absolute atomic E-state index is 0.0768. The summed E-state index contributed by atoms with van der Waals surface area (Å²) in [7, 11) is 0. The molecule has 0 amide bonds. The van der Waals surface area contributed by atoms with Gasteiger partial charge in [0.1, 0.15) is 11.5 Å². The van der Waals surface area contributed by atoms with Gasteiger partial charge in [-0.2, -0.15) is 0 Å². The van der Waals surface area contributed by atoms with Crippen molar-refractivity contribution in [2.24, 2.45) is 0 Å². The molecule has 0 aliphatic heterocycles. The number of carbonyl (C=O) groups is 2. The Morgan fingerprint density at radius 3 is 2.47 bits per heavy atom. The van der Waals surface area contributed by atoms with Gasteiger partial charge in [-0.15, -0.1) is 11.3 Å². The fraction of sp³-hybridized carbons (Fsp3) is 0.0769. The minimum Gasteiger partial charge on any atom is -0.457 e. The molecule has 0 aliphatic carbocycles. The van der Waals surface area contributed by atoms with Crippen LogP contribution in [-0.4, -0.2) is 12.3 Å². The fourth-order valence-corrected chi connectivity index (χ4v) is 2.73. The molecule has 0 saturated heterocycles. The lowest BCUT2D eigenvalue weighted by atomic mass is 10.2. The van der Waals surface area contributed by atoms with E-state index in [0.717, 1.165) is 11.3 Å². The third-order valence-corrected chi connectivity index (χ3v) is 3.66. The van der Waals surface area contributed by atoms with Crippen molar-refractivity contribution in [3.05, 3.63) is 55.7 Å². The Hall–Kier alpha value is -1.36. The Balaban J connectivity index is 2.01. The Labute approximate surface area is 123 Å². The van der Waals surface area contributed by atoms with Crippen molar-refractivity contribution in [1.82, 2.24) is 0 Å². The van der Waals surface area contributed by atoms with Gasteiger partial charge in [-0.1, -0.05) is 23.2 Å². The van der Waals surface area contributed by atoms with E-state index in [4.69, 9.17) is 27.9 Å². The summed E-state index contributed by atoms with van der Waals surface area (Å²) >= 11 is 12.8. The molecule has 0 radical (unpaired) electrons. The normalized spacial score (nSPS) is 10.2. The van der Waals surface area contributed by atoms with E-state index in [1.165, 1.54) is 0 Å². The number of hydrogen-bond donors (Lipinski definition) is 0. The smallest absolute Gasteiger partial charge is 0.348 e. The molecule has 2 rings (SSSR count). The van der Waals surface area contributed by atoms with Crippen LogP contribution in [0.5, 0.6) is 0 Å². The van der Waals surface area contributed by atoms with Crippen LogP contribution in [0.2, 0.25) is 10.0 Å². The molecule has 1 aromatic heterocycles. The maximum absolute atomic E-state index is 11.7. The molecule has 0 saturated carbocycles. The van der Waals surface area contributed by atoms with Gasteiger partial charge in [0.2, 0.25) is 0 Å². The largest absolute Gasteiger partial charge is 0.457 e. The summed E-state index contributed by atoms with van der Waals surface area (Å²) in [6, 6.07) is 8.08. The van der Waals surface area contributed by atoms with E-state index in [0.29, 0.717) is 31.6 Å². The number of hydrogen-bond acceptors (Lipinski definition) is 4. The summed E-state index contributed by atoms with van der Waals surface area (Å²) in [5, 5.41) is 0.968. The second-order valence-electron chi connectivity index (χ2n) is 3.67. The van der Waals surface area contributed by atoms with E-state index < -0.39 is 5.97 Å². The molecule has 6 heteroatoms. The highest BCUT2D eigenvalue weighted by Crippen LogP contribution is 2.21. The lowest BCUT2D eigenvalue weighted by molar-refractivity contribution is 0.0478. The molecule has 0 atom stereocenters. The minimum atomic E-state index is -0.478. The molecule has 1 heterocycles. The van der Waals surface area contributed by atoms with Crippen LogP contribution < -0.4 is 0 Å². The van der Waals surface area contributed by atoms with E-state index >= 15 is 0 Å². The van der Waals surface area contributed by atoms with Gasteiger partial charge in [-0.3, -0.25) is 4.79 Å². The van der Waals surface area contributed by atoms with Gasteiger partial charge in [-0.25, -0.2) is 4.79 Å². The first-order valence-corrected chi connectivity index (χ1v) is 6.83. The van der Waals surface area contributed by atoms with E-state index in [1.54, 1.807) is 30.3 Å². The molecule has 0 N–H and O–H groups in total. The van der Waals surface area contributed by atoms with E-state index in [9.17, 15) is 9.59 Å². The van der Waals surface area contributed by atoms with Gasteiger partial charge in [0.15, 0.2) is 6.29 Å². The molecular formula is C13H8Cl2O3S. The van der Waals surface area contributed by atoms with Crippen molar-refractivity contribution in [3.8, 4) is 0 Å². The van der Waals surface area contributed by atoms with Crippen molar-refractivity contribution in [1.29, 1.82) is 0 Å². The first-order valence-electron chi connectivity index (χ1n) is 5.25. The number of halogens is 2. The topological polar surface area (TPSA) is 43.4 Å². The number of ether oxygens (including phenoxy) is 1. The van der Waals surface area contributed by atoms with Crippen LogP contribution in [0.4, 0.5) is 0 Å². The Kier molecular flexibility index (Phi) is 4.58. The Bertz CT molecular complexity index is 602. The summed E-state index contributed by atoms with van der Waals surface area (Å²) in [6.07, 6.45) is 0.693. The highest BCUT2D eigenvalue weighted by molar-refractivity contribution is 7.15. The molecular weight excluding hydrogens is 307 g/mol. The second-order valence-corrected chi connectivity index (χ2v) is 5.66. The zero-order valence-corrected chi connectivity index (χ0v) is 11.9. The van der Waals surface area contributed by atoms with Crippen LogP contribution >= 0.6 is 34.5 Å². The number of thiophene rings is 1. The van der Waals surface area contributed by atoms with Gasteiger partial charge < -0.3 is 4.74 Å². The van der Waals surface area contributed by atoms with Gasteiger partial charge in [0.05, 0.1) is 4.88 Å². The van der Waals surface area contributed by atoms with E-state index in [2.05, 4.69) is 0 Å². The third-order valence-electron chi connectivity index (χ3n) is 2.24. The Morgan fingerprint density at radius 1 is 1.21 bits per heavy atom. The summed E-state index contributed by atoms with van der Waals surface area (Å²) in [6.45, 7) is 0.0768. The average Bonchev–Trinajstić information content (AvgIpc) is 2.83.